The SMILES string of the molecule is C[C@H]1CN(P(=O)(OC(C)(C)C)N(C)C)CC(CC(C)(C)C)O1. The fraction of sp³-hybridized carbons (Fsp3) is 1.00. The maximum Gasteiger partial charge on any atom is 0.346 e. The van der Waals surface area contributed by atoms with Gasteiger partial charge in [-0.05, 0) is 53.6 Å². The molecule has 0 aromatic rings. The molecule has 0 amide bonds. The molecule has 1 fully saturated rings. The predicted octanol–water partition coefficient (Wildman–Crippen LogP) is 4.00. The minimum absolute atomic E-state index is 0.0537. The third-order valence-electron chi connectivity index (χ3n) is 3.40. The number of ether oxygens (including phenoxy) is 1. The first-order valence-electron chi connectivity index (χ1n) is 8.12. The summed E-state index contributed by atoms with van der Waals surface area (Å²) in [7, 11) is 0.608. The van der Waals surface area contributed by atoms with Gasteiger partial charge in [0.05, 0.1) is 17.8 Å². The molecule has 1 heterocycles. The molecule has 1 aliphatic rings. The minimum Gasteiger partial charge on any atom is -0.373 e. The molecule has 0 aliphatic carbocycles. The third kappa shape index (κ3) is 5.93. The Bertz CT molecular complexity index is 413. The first-order valence-corrected chi connectivity index (χ1v) is 9.65. The Labute approximate surface area is 136 Å². The summed E-state index contributed by atoms with van der Waals surface area (Å²) in [6.45, 7) is 15.8. The van der Waals surface area contributed by atoms with Crippen LogP contribution in [0.25, 0.3) is 0 Å². The van der Waals surface area contributed by atoms with E-state index >= 15 is 0 Å². The lowest BCUT2D eigenvalue weighted by Crippen LogP contribution is -2.48. The molecule has 2 unspecified atom stereocenters. The number of hydrogen-bond donors (Lipinski definition) is 0. The number of rotatable bonds is 4. The van der Waals surface area contributed by atoms with E-state index in [0.717, 1.165) is 6.42 Å². The maximum atomic E-state index is 13.5. The van der Waals surface area contributed by atoms with Gasteiger partial charge in [-0.2, -0.15) is 0 Å². The highest BCUT2D eigenvalue weighted by Crippen LogP contribution is 2.56. The van der Waals surface area contributed by atoms with Crippen LogP contribution in [-0.4, -0.2) is 54.3 Å². The fourth-order valence-corrected chi connectivity index (χ4v) is 5.10. The van der Waals surface area contributed by atoms with Gasteiger partial charge in [-0.25, -0.2) is 9.34 Å². The zero-order chi connectivity index (χ0) is 17.3. The van der Waals surface area contributed by atoms with Crippen molar-refractivity contribution in [3.05, 3.63) is 0 Å². The van der Waals surface area contributed by atoms with Gasteiger partial charge in [0, 0.05) is 13.1 Å². The van der Waals surface area contributed by atoms with E-state index < -0.39 is 13.3 Å². The van der Waals surface area contributed by atoms with Crippen molar-refractivity contribution in [2.45, 2.75) is 72.7 Å². The molecule has 0 N–H and O–H groups in total. The van der Waals surface area contributed by atoms with Gasteiger partial charge in [-0.3, -0.25) is 4.57 Å². The second-order valence-electron chi connectivity index (χ2n) is 8.75. The average molecular weight is 334 g/mol. The first kappa shape index (κ1) is 20.1. The van der Waals surface area contributed by atoms with Gasteiger partial charge in [-0.1, -0.05) is 20.8 Å². The molecule has 22 heavy (non-hydrogen) atoms. The van der Waals surface area contributed by atoms with E-state index in [1.54, 1.807) is 4.67 Å². The minimum atomic E-state index is -3.04. The first-order chi connectivity index (χ1) is 9.73. The Morgan fingerprint density at radius 3 is 2.14 bits per heavy atom. The summed E-state index contributed by atoms with van der Waals surface area (Å²) >= 11 is 0. The summed E-state index contributed by atoms with van der Waals surface area (Å²) < 4.78 is 29.3. The molecular weight excluding hydrogens is 299 g/mol. The maximum absolute atomic E-state index is 13.5. The molecule has 1 rings (SSSR count). The van der Waals surface area contributed by atoms with Crippen molar-refractivity contribution in [3.63, 3.8) is 0 Å². The summed E-state index contributed by atoms with van der Waals surface area (Å²) in [6, 6.07) is 0. The average Bonchev–Trinajstić information content (AvgIpc) is 2.22. The van der Waals surface area contributed by atoms with Crippen molar-refractivity contribution >= 4 is 7.67 Å². The van der Waals surface area contributed by atoms with Crippen LogP contribution in [0.4, 0.5) is 0 Å². The largest absolute Gasteiger partial charge is 0.373 e. The monoisotopic (exact) mass is 334 g/mol. The van der Waals surface area contributed by atoms with Crippen LogP contribution < -0.4 is 0 Å². The van der Waals surface area contributed by atoms with E-state index in [4.69, 9.17) is 9.26 Å². The molecule has 0 aromatic carbocycles. The molecule has 0 radical (unpaired) electrons. The van der Waals surface area contributed by atoms with E-state index in [9.17, 15) is 4.57 Å². The summed E-state index contributed by atoms with van der Waals surface area (Å²) in [5, 5.41) is 0. The van der Waals surface area contributed by atoms with E-state index in [0.29, 0.717) is 13.1 Å². The molecule has 1 aliphatic heterocycles. The predicted molar refractivity (Wildman–Crippen MR) is 92.1 cm³/mol. The van der Waals surface area contributed by atoms with Crippen molar-refractivity contribution in [2.75, 3.05) is 27.2 Å². The molecule has 3 atom stereocenters. The highest BCUT2D eigenvalue weighted by molar-refractivity contribution is 7.53. The highest BCUT2D eigenvalue weighted by atomic mass is 31.2. The van der Waals surface area contributed by atoms with Gasteiger partial charge in [0.25, 0.3) is 0 Å². The Kier molecular flexibility index (Phi) is 6.31. The van der Waals surface area contributed by atoms with E-state index in [1.165, 1.54) is 0 Å². The van der Waals surface area contributed by atoms with Crippen LogP contribution in [0.1, 0.15) is 54.9 Å². The van der Waals surface area contributed by atoms with Gasteiger partial charge < -0.3 is 9.26 Å². The Morgan fingerprint density at radius 1 is 1.18 bits per heavy atom. The van der Waals surface area contributed by atoms with Crippen LogP contribution in [-0.2, 0) is 13.8 Å². The Hall–Kier alpha value is 0.0700. The van der Waals surface area contributed by atoms with E-state index in [1.807, 2.05) is 46.5 Å². The Balaban J connectivity index is 2.97. The standard InChI is InChI=1S/C16H35N2O3P/c1-13-11-18(12-14(20-13)10-15(2,3)4)22(19,17(8)9)21-16(5,6)7/h13-14H,10-12H2,1-9H3/t13-,14?,22?/m0/s1. The normalized spacial score (nSPS) is 27.9. The van der Waals surface area contributed by atoms with Crippen LogP contribution in [0.15, 0.2) is 0 Å². The Morgan fingerprint density at radius 2 is 1.73 bits per heavy atom. The van der Waals surface area contributed by atoms with Crippen molar-refractivity contribution in [2.24, 2.45) is 5.41 Å². The van der Waals surface area contributed by atoms with Crippen LogP contribution in [0.2, 0.25) is 0 Å². The van der Waals surface area contributed by atoms with E-state index in [2.05, 4.69) is 20.8 Å². The summed E-state index contributed by atoms with van der Waals surface area (Å²) in [5.74, 6) is 0. The lowest BCUT2D eigenvalue weighted by molar-refractivity contribution is -0.0762. The zero-order valence-corrected chi connectivity index (χ0v) is 16.7. The van der Waals surface area contributed by atoms with Gasteiger partial charge >= 0.3 is 7.67 Å². The van der Waals surface area contributed by atoms with Crippen LogP contribution in [0.3, 0.4) is 0 Å². The number of morpholine rings is 1. The molecule has 132 valence electrons. The highest BCUT2D eigenvalue weighted by Gasteiger charge is 2.43. The quantitative estimate of drug-likeness (QED) is 0.727. The zero-order valence-electron chi connectivity index (χ0n) is 15.8. The number of nitrogens with zero attached hydrogens (tertiary/aromatic N) is 2. The molecule has 5 nitrogen and oxygen atoms in total. The van der Waals surface area contributed by atoms with Crippen molar-refractivity contribution in [1.82, 2.24) is 9.34 Å². The molecule has 6 heteroatoms. The summed E-state index contributed by atoms with van der Waals surface area (Å²) in [5.41, 5.74) is -0.277. The second kappa shape index (κ2) is 6.90. The molecule has 0 spiro atoms. The van der Waals surface area contributed by atoms with Crippen molar-refractivity contribution < 1.29 is 13.8 Å². The van der Waals surface area contributed by atoms with E-state index in [-0.39, 0.29) is 17.6 Å². The van der Waals surface area contributed by atoms with Crippen LogP contribution in [0, 0.1) is 5.41 Å². The lowest BCUT2D eigenvalue weighted by Gasteiger charge is -2.45. The third-order valence-corrected chi connectivity index (χ3v) is 6.24. The molecular formula is C16H35N2O3P. The topological polar surface area (TPSA) is 42.0 Å². The van der Waals surface area contributed by atoms with Crippen molar-refractivity contribution in [1.29, 1.82) is 0 Å². The van der Waals surface area contributed by atoms with Crippen LogP contribution in [0.5, 0.6) is 0 Å². The summed E-state index contributed by atoms with van der Waals surface area (Å²) in [6.07, 6.45) is 1.08. The van der Waals surface area contributed by atoms with Crippen LogP contribution >= 0.6 is 7.67 Å². The smallest absolute Gasteiger partial charge is 0.346 e. The van der Waals surface area contributed by atoms with Gasteiger partial charge in [0.2, 0.25) is 0 Å². The number of hydrogen-bond acceptors (Lipinski definition) is 3. The lowest BCUT2D eigenvalue weighted by atomic mass is 9.89. The molecule has 0 bridgehead atoms. The second-order valence-corrected chi connectivity index (χ2v) is 11.3. The molecule has 1 saturated heterocycles. The van der Waals surface area contributed by atoms with Gasteiger partial charge in [0.1, 0.15) is 0 Å². The fourth-order valence-electron chi connectivity index (χ4n) is 2.77. The summed E-state index contributed by atoms with van der Waals surface area (Å²) in [4.78, 5) is 0. The molecule has 0 aromatic heterocycles. The van der Waals surface area contributed by atoms with Gasteiger partial charge in [0.15, 0.2) is 0 Å². The molecule has 0 saturated carbocycles. The van der Waals surface area contributed by atoms with Crippen molar-refractivity contribution in [3.8, 4) is 0 Å². The van der Waals surface area contributed by atoms with Gasteiger partial charge in [-0.15, -0.1) is 0 Å².